The molecule has 6 heteroatoms. The number of carbonyl (C=O) groups is 1. The summed E-state index contributed by atoms with van der Waals surface area (Å²) in [5, 5.41) is 9.82. The lowest BCUT2D eigenvalue weighted by Crippen LogP contribution is -2.36. The standard InChI is InChI=1S/C19H32O4Si2/c1-16(2)19(21)22-13-9-14-24(3)23-25(4,5)15-8-11-17-10-6-7-12-18(17)20/h6-7,10,12,20,24H,1,8-9,11,13-15H2,2-5H3. The molecule has 0 fully saturated rings. The number of aromatic hydroxyl groups is 1. The first kappa shape index (κ1) is 21.7. The van der Waals surface area contributed by atoms with Gasteiger partial charge in [0.15, 0.2) is 17.4 Å². The van der Waals surface area contributed by atoms with Crippen LogP contribution < -0.4 is 0 Å². The van der Waals surface area contributed by atoms with Crippen molar-refractivity contribution in [3.8, 4) is 5.75 Å². The number of ether oxygens (including phenoxy) is 1. The number of esters is 1. The molecule has 0 aliphatic heterocycles. The average Bonchev–Trinajstić information content (AvgIpc) is 2.52. The molecular formula is C19H32O4Si2. The monoisotopic (exact) mass is 380 g/mol. The fourth-order valence-corrected chi connectivity index (χ4v) is 9.82. The van der Waals surface area contributed by atoms with Crippen LogP contribution in [0, 0.1) is 0 Å². The molecule has 1 aromatic rings. The molecule has 0 amide bonds. The molecule has 0 saturated carbocycles. The highest BCUT2D eigenvalue weighted by Crippen LogP contribution is 2.22. The van der Waals surface area contributed by atoms with Gasteiger partial charge >= 0.3 is 5.97 Å². The van der Waals surface area contributed by atoms with Crippen molar-refractivity contribution in [3.05, 3.63) is 42.0 Å². The molecule has 1 atom stereocenters. The molecule has 0 spiro atoms. The Labute approximate surface area is 154 Å². The second-order valence-electron chi connectivity index (χ2n) is 7.23. The average molecular weight is 381 g/mol. The lowest BCUT2D eigenvalue weighted by molar-refractivity contribution is -0.138. The van der Waals surface area contributed by atoms with Crippen LogP contribution in [-0.2, 0) is 20.1 Å². The lowest BCUT2D eigenvalue weighted by atomic mass is 10.1. The molecule has 1 N–H and O–H groups in total. The van der Waals surface area contributed by atoms with Crippen molar-refractivity contribution in [2.45, 2.75) is 57.9 Å². The highest BCUT2D eigenvalue weighted by molar-refractivity contribution is 6.78. The van der Waals surface area contributed by atoms with E-state index in [9.17, 15) is 9.90 Å². The van der Waals surface area contributed by atoms with Gasteiger partial charge in [-0.2, -0.15) is 0 Å². The highest BCUT2D eigenvalue weighted by atomic mass is 28.4. The largest absolute Gasteiger partial charge is 0.508 e. The van der Waals surface area contributed by atoms with Crippen molar-refractivity contribution >= 4 is 23.3 Å². The second kappa shape index (κ2) is 10.6. The Morgan fingerprint density at radius 2 is 1.96 bits per heavy atom. The Balaban J connectivity index is 2.25. The van der Waals surface area contributed by atoms with E-state index >= 15 is 0 Å². The van der Waals surface area contributed by atoms with E-state index < -0.39 is 17.4 Å². The zero-order valence-corrected chi connectivity index (χ0v) is 18.2. The summed E-state index contributed by atoms with van der Waals surface area (Å²) in [7, 11) is -2.92. The minimum atomic E-state index is -1.68. The quantitative estimate of drug-likeness (QED) is 0.267. The van der Waals surface area contributed by atoms with E-state index in [1.54, 1.807) is 13.0 Å². The van der Waals surface area contributed by atoms with Gasteiger partial charge in [0, 0.05) is 5.57 Å². The van der Waals surface area contributed by atoms with Crippen LogP contribution in [0.2, 0.25) is 31.7 Å². The van der Waals surface area contributed by atoms with Gasteiger partial charge in [0.2, 0.25) is 0 Å². The summed E-state index contributed by atoms with van der Waals surface area (Å²) < 4.78 is 11.5. The van der Waals surface area contributed by atoms with E-state index in [1.807, 2.05) is 18.2 Å². The summed E-state index contributed by atoms with van der Waals surface area (Å²) in [6.45, 7) is 12.4. The first-order valence-electron chi connectivity index (χ1n) is 8.98. The molecule has 0 aliphatic carbocycles. The van der Waals surface area contributed by atoms with Crippen LogP contribution in [-0.4, -0.2) is 35.0 Å². The molecule has 1 rings (SSSR count). The molecular weight excluding hydrogens is 348 g/mol. The zero-order chi connectivity index (χ0) is 18.9. The Morgan fingerprint density at radius 3 is 2.60 bits per heavy atom. The van der Waals surface area contributed by atoms with Crippen LogP contribution in [0.5, 0.6) is 5.75 Å². The van der Waals surface area contributed by atoms with Gasteiger partial charge in [-0.25, -0.2) is 4.79 Å². The normalized spacial score (nSPS) is 12.6. The van der Waals surface area contributed by atoms with Gasteiger partial charge in [0.05, 0.1) is 6.61 Å². The predicted molar refractivity (Wildman–Crippen MR) is 108 cm³/mol. The first-order valence-corrected chi connectivity index (χ1v) is 14.5. The summed E-state index contributed by atoms with van der Waals surface area (Å²) in [4.78, 5) is 11.3. The minimum absolute atomic E-state index is 0.311. The van der Waals surface area contributed by atoms with Gasteiger partial charge in [0.25, 0.3) is 0 Å². The summed E-state index contributed by atoms with van der Waals surface area (Å²) in [5.74, 6) is 0.0732. The number of para-hydroxylation sites is 1. The minimum Gasteiger partial charge on any atom is -0.508 e. The predicted octanol–water partition coefficient (Wildman–Crippen LogP) is 4.41. The Morgan fingerprint density at radius 1 is 1.28 bits per heavy atom. The maximum atomic E-state index is 11.3. The van der Waals surface area contributed by atoms with Crippen LogP contribution in [0.1, 0.15) is 25.3 Å². The number of hydrogen-bond acceptors (Lipinski definition) is 4. The molecule has 0 radical (unpaired) electrons. The molecule has 25 heavy (non-hydrogen) atoms. The Bertz CT molecular complexity index is 572. The summed E-state index contributed by atoms with van der Waals surface area (Å²) in [6.07, 6.45) is 2.78. The first-order chi connectivity index (χ1) is 11.7. The van der Waals surface area contributed by atoms with Crippen molar-refractivity contribution < 1.29 is 18.8 Å². The topological polar surface area (TPSA) is 55.8 Å². The number of phenols is 1. The smallest absolute Gasteiger partial charge is 0.333 e. The number of aryl methyl sites for hydroxylation is 1. The van der Waals surface area contributed by atoms with Gasteiger partial charge < -0.3 is 14.0 Å². The molecule has 0 saturated heterocycles. The molecule has 0 aromatic heterocycles. The van der Waals surface area contributed by atoms with E-state index in [-0.39, 0.29) is 5.97 Å². The van der Waals surface area contributed by atoms with E-state index in [4.69, 9.17) is 8.85 Å². The van der Waals surface area contributed by atoms with Gasteiger partial charge in [-0.15, -0.1) is 0 Å². The Kier molecular flexibility index (Phi) is 9.17. The van der Waals surface area contributed by atoms with Crippen molar-refractivity contribution in [3.63, 3.8) is 0 Å². The third-order valence-corrected chi connectivity index (χ3v) is 11.0. The third-order valence-electron chi connectivity index (χ3n) is 4.07. The van der Waals surface area contributed by atoms with E-state index in [2.05, 4.69) is 26.2 Å². The number of carbonyl (C=O) groups excluding carboxylic acids is 1. The van der Waals surface area contributed by atoms with Crippen molar-refractivity contribution in [1.29, 1.82) is 0 Å². The number of rotatable bonds is 11. The summed E-state index contributed by atoms with van der Waals surface area (Å²) >= 11 is 0. The third kappa shape index (κ3) is 9.04. The molecule has 140 valence electrons. The van der Waals surface area contributed by atoms with Crippen molar-refractivity contribution in [2.75, 3.05) is 6.61 Å². The van der Waals surface area contributed by atoms with Gasteiger partial charge in [0.1, 0.15) is 5.75 Å². The molecule has 0 bridgehead atoms. The van der Waals surface area contributed by atoms with Crippen molar-refractivity contribution in [2.24, 2.45) is 0 Å². The van der Waals surface area contributed by atoms with E-state index in [1.165, 1.54) is 0 Å². The lowest BCUT2D eigenvalue weighted by Gasteiger charge is -2.27. The Hall–Kier alpha value is -1.38. The number of phenolic OH excluding ortho intramolecular Hbond substituents is 1. The summed E-state index contributed by atoms with van der Waals surface area (Å²) in [6, 6.07) is 9.63. The molecule has 0 aliphatic rings. The van der Waals surface area contributed by atoms with Crippen LogP contribution >= 0.6 is 0 Å². The SMILES string of the molecule is C=C(C)C(=O)OCCC[SiH](C)O[Si](C)(C)CCCc1ccccc1O. The zero-order valence-electron chi connectivity index (χ0n) is 16.0. The van der Waals surface area contributed by atoms with Crippen LogP contribution in [0.25, 0.3) is 0 Å². The maximum Gasteiger partial charge on any atom is 0.333 e. The number of hydrogen-bond donors (Lipinski definition) is 1. The fraction of sp³-hybridized carbons (Fsp3) is 0.526. The number of benzene rings is 1. The summed E-state index contributed by atoms with van der Waals surface area (Å²) in [5.41, 5.74) is 1.46. The fourth-order valence-electron chi connectivity index (χ4n) is 2.75. The van der Waals surface area contributed by atoms with Crippen molar-refractivity contribution in [1.82, 2.24) is 0 Å². The van der Waals surface area contributed by atoms with Gasteiger partial charge in [-0.3, -0.25) is 0 Å². The highest BCUT2D eigenvalue weighted by Gasteiger charge is 2.24. The molecule has 0 heterocycles. The van der Waals surface area contributed by atoms with Crippen LogP contribution in [0.3, 0.4) is 0 Å². The van der Waals surface area contributed by atoms with Gasteiger partial charge in [-0.1, -0.05) is 24.8 Å². The van der Waals surface area contributed by atoms with E-state index in [0.717, 1.165) is 36.9 Å². The van der Waals surface area contributed by atoms with Crippen LogP contribution in [0.4, 0.5) is 0 Å². The molecule has 1 unspecified atom stereocenters. The molecule has 1 aromatic carbocycles. The van der Waals surface area contributed by atoms with E-state index in [0.29, 0.717) is 17.9 Å². The van der Waals surface area contributed by atoms with Gasteiger partial charge in [-0.05, 0) is 69.5 Å². The van der Waals surface area contributed by atoms with Crippen LogP contribution in [0.15, 0.2) is 36.4 Å². The maximum absolute atomic E-state index is 11.3. The molecule has 4 nitrogen and oxygen atoms in total. The second-order valence-corrected chi connectivity index (χ2v) is 14.4.